The van der Waals surface area contributed by atoms with Gasteiger partial charge in [0, 0.05) is 12.7 Å². The molecule has 2 aromatic rings. The molecule has 17 heavy (non-hydrogen) atoms. The second kappa shape index (κ2) is 4.82. The maximum atomic E-state index is 12.8. The minimum absolute atomic E-state index is 0.190. The number of rotatable bonds is 2. The van der Waals surface area contributed by atoms with E-state index in [9.17, 15) is 9.18 Å². The normalized spacial score (nSPS) is 10.3. The number of benzene rings is 1. The average Bonchev–Trinajstić information content (AvgIpc) is 2.33. The second-order valence-electron chi connectivity index (χ2n) is 3.40. The van der Waals surface area contributed by atoms with E-state index < -0.39 is 0 Å². The number of nitrogens with one attached hydrogen (secondary N) is 1. The molecule has 0 bridgehead atoms. The smallest absolute Gasteiger partial charge is 0.266 e. The first-order valence-electron chi connectivity index (χ1n) is 4.82. The van der Waals surface area contributed by atoms with E-state index in [2.05, 4.69) is 9.97 Å². The average molecular weight is 345 g/mol. The quantitative estimate of drug-likeness (QED) is 0.850. The molecule has 0 fully saturated rings. The molecule has 0 saturated heterocycles. The first-order valence-corrected chi connectivity index (χ1v) is 5.90. The maximum Gasteiger partial charge on any atom is 0.266 e. The lowest BCUT2D eigenvalue weighted by molar-refractivity contribution is 0.628. The summed E-state index contributed by atoms with van der Waals surface area (Å²) in [4.78, 5) is 19.8. The summed E-state index contributed by atoms with van der Waals surface area (Å²) in [7, 11) is 1.77. The van der Waals surface area contributed by atoms with Gasteiger partial charge in [-0.1, -0.05) is 0 Å². The third kappa shape index (κ3) is 2.46. The van der Waals surface area contributed by atoms with Crippen molar-refractivity contribution in [3.05, 3.63) is 50.3 Å². The van der Waals surface area contributed by atoms with Gasteiger partial charge in [0.2, 0.25) is 0 Å². The van der Waals surface area contributed by atoms with Gasteiger partial charge in [0.15, 0.2) is 5.82 Å². The Kier molecular flexibility index (Phi) is 3.41. The van der Waals surface area contributed by atoms with Gasteiger partial charge in [0.05, 0.1) is 6.33 Å². The van der Waals surface area contributed by atoms with Crippen molar-refractivity contribution in [3.8, 4) is 0 Å². The zero-order chi connectivity index (χ0) is 12.4. The van der Waals surface area contributed by atoms with Gasteiger partial charge in [-0.15, -0.1) is 0 Å². The molecule has 0 radical (unpaired) electrons. The van der Waals surface area contributed by atoms with Crippen molar-refractivity contribution in [1.82, 2.24) is 9.97 Å². The molecule has 0 atom stereocenters. The highest BCUT2D eigenvalue weighted by Gasteiger charge is 2.11. The largest absolute Gasteiger partial charge is 0.328 e. The molecular formula is C11H9FIN3O. The van der Waals surface area contributed by atoms with Crippen LogP contribution in [0.1, 0.15) is 0 Å². The molecule has 0 aliphatic rings. The summed E-state index contributed by atoms with van der Waals surface area (Å²) in [6.07, 6.45) is 1.35. The fourth-order valence-corrected chi connectivity index (χ4v) is 2.05. The summed E-state index contributed by atoms with van der Waals surface area (Å²) < 4.78 is 13.3. The van der Waals surface area contributed by atoms with Crippen LogP contribution in [0.2, 0.25) is 0 Å². The van der Waals surface area contributed by atoms with Crippen LogP contribution in [0.4, 0.5) is 15.9 Å². The number of anilines is 2. The molecular weight excluding hydrogens is 336 g/mol. The summed E-state index contributed by atoms with van der Waals surface area (Å²) >= 11 is 1.93. The Morgan fingerprint density at radius 3 is 2.65 bits per heavy atom. The van der Waals surface area contributed by atoms with Gasteiger partial charge in [-0.05, 0) is 46.9 Å². The molecule has 88 valence electrons. The molecule has 0 saturated carbocycles. The Morgan fingerprint density at radius 2 is 2.00 bits per heavy atom. The molecule has 4 nitrogen and oxygen atoms in total. The predicted octanol–water partition coefficient (Wildman–Crippen LogP) is 2.28. The first-order chi connectivity index (χ1) is 8.09. The number of hydrogen-bond acceptors (Lipinski definition) is 3. The zero-order valence-corrected chi connectivity index (χ0v) is 11.1. The van der Waals surface area contributed by atoms with Gasteiger partial charge in [-0.2, -0.15) is 0 Å². The Balaban J connectivity index is 2.43. The Labute approximate surface area is 111 Å². The van der Waals surface area contributed by atoms with Crippen LogP contribution in [0.3, 0.4) is 0 Å². The van der Waals surface area contributed by atoms with Crippen LogP contribution < -0.4 is 10.5 Å². The molecule has 6 heteroatoms. The highest BCUT2D eigenvalue weighted by atomic mass is 127. The van der Waals surface area contributed by atoms with Crippen molar-refractivity contribution in [3.63, 3.8) is 0 Å². The Bertz CT molecular complexity index is 582. The number of nitrogens with zero attached hydrogens (tertiary/aromatic N) is 2. The van der Waals surface area contributed by atoms with Crippen molar-refractivity contribution in [1.29, 1.82) is 0 Å². The van der Waals surface area contributed by atoms with Crippen LogP contribution >= 0.6 is 22.6 Å². The number of H-pyrrole nitrogens is 1. The van der Waals surface area contributed by atoms with Crippen LogP contribution in [-0.2, 0) is 0 Å². The van der Waals surface area contributed by atoms with Crippen molar-refractivity contribution in [2.75, 3.05) is 11.9 Å². The van der Waals surface area contributed by atoms with E-state index in [4.69, 9.17) is 0 Å². The van der Waals surface area contributed by atoms with E-state index in [0.717, 1.165) is 5.69 Å². The van der Waals surface area contributed by atoms with Gasteiger partial charge in [-0.3, -0.25) is 4.79 Å². The second-order valence-corrected chi connectivity index (χ2v) is 4.48. The van der Waals surface area contributed by atoms with Gasteiger partial charge >= 0.3 is 0 Å². The third-order valence-electron chi connectivity index (χ3n) is 2.31. The molecule has 0 spiro atoms. The summed E-state index contributed by atoms with van der Waals surface area (Å²) in [5.41, 5.74) is 0.576. The molecule has 2 rings (SSSR count). The van der Waals surface area contributed by atoms with Crippen LogP contribution in [0.15, 0.2) is 35.4 Å². The summed E-state index contributed by atoms with van der Waals surface area (Å²) in [6, 6.07) is 6.00. The van der Waals surface area contributed by atoms with Crippen molar-refractivity contribution < 1.29 is 4.39 Å². The van der Waals surface area contributed by atoms with E-state index in [0.29, 0.717) is 9.39 Å². The van der Waals surface area contributed by atoms with Crippen LogP contribution in [0.5, 0.6) is 0 Å². The van der Waals surface area contributed by atoms with E-state index >= 15 is 0 Å². The molecule has 0 amide bonds. The fourth-order valence-electron chi connectivity index (χ4n) is 1.39. The Hall–Kier alpha value is -1.44. The standard InChI is InChI=1S/C11H9FIN3O/c1-16(8-4-2-7(12)3-5-8)10-9(13)11(17)15-6-14-10/h2-6H,1H3,(H,14,15,17). The zero-order valence-electron chi connectivity index (χ0n) is 8.95. The molecule has 1 aromatic carbocycles. The minimum Gasteiger partial charge on any atom is -0.328 e. The topological polar surface area (TPSA) is 49.0 Å². The molecule has 0 aliphatic heterocycles. The highest BCUT2D eigenvalue weighted by molar-refractivity contribution is 14.1. The van der Waals surface area contributed by atoms with Crippen LogP contribution in [0.25, 0.3) is 0 Å². The lowest BCUT2D eigenvalue weighted by Gasteiger charge is -2.18. The Morgan fingerprint density at radius 1 is 1.35 bits per heavy atom. The molecule has 1 heterocycles. The lowest BCUT2D eigenvalue weighted by Crippen LogP contribution is -2.19. The van der Waals surface area contributed by atoms with E-state index in [1.807, 2.05) is 22.6 Å². The number of aromatic amines is 1. The minimum atomic E-state index is -0.296. The van der Waals surface area contributed by atoms with Gasteiger partial charge in [-0.25, -0.2) is 9.37 Å². The van der Waals surface area contributed by atoms with Crippen LogP contribution in [-0.4, -0.2) is 17.0 Å². The SMILES string of the molecule is CN(c1ccc(F)cc1)c1nc[nH]c(=O)c1I. The molecule has 1 N–H and O–H groups in total. The number of halogens is 2. The van der Waals surface area contributed by atoms with Crippen LogP contribution in [0, 0.1) is 9.39 Å². The lowest BCUT2D eigenvalue weighted by atomic mass is 10.3. The van der Waals surface area contributed by atoms with E-state index in [-0.39, 0.29) is 11.4 Å². The number of aromatic nitrogens is 2. The van der Waals surface area contributed by atoms with Gasteiger partial charge < -0.3 is 9.88 Å². The van der Waals surface area contributed by atoms with Crippen molar-refractivity contribution >= 4 is 34.1 Å². The van der Waals surface area contributed by atoms with E-state index in [1.165, 1.54) is 18.5 Å². The fraction of sp³-hybridized carbons (Fsp3) is 0.0909. The maximum absolute atomic E-state index is 12.8. The van der Waals surface area contributed by atoms with Crippen molar-refractivity contribution in [2.24, 2.45) is 0 Å². The summed E-state index contributed by atoms with van der Waals surface area (Å²) in [6.45, 7) is 0. The predicted molar refractivity (Wildman–Crippen MR) is 72.0 cm³/mol. The number of hydrogen-bond donors (Lipinski definition) is 1. The van der Waals surface area contributed by atoms with Gasteiger partial charge in [0.25, 0.3) is 5.56 Å². The summed E-state index contributed by atoms with van der Waals surface area (Å²) in [5.74, 6) is 0.247. The monoisotopic (exact) mass is 345 g/mol. The highest BCUT2D eigenvalue weighted by Crippen LogP contribution is 2.23. The van der Waals surface area contributed by atoms with E-state index in [1.54, 1.807) is 24.1 Å². The first kappa shape index (κ1) is 12.0. The molecule has 1 aromatic heterocycles. The van der Waals surface area contributed by atoms with Gasteiger partial charge in [0.1, 0.15) is 9.39 Å². The molecule has 0 unspecified atom stereocenters. The van der Waals surface area contributed by atoms with Crippen molar-refractivity contribution in [2.45, 2.75) is 0 Å². The summed E-state index contributed by atoms with van der Waals surface area (Å²) in [5, 5.41) is 0. The molecule has 0 aliphatic carbocycles. The third-order valence-corrected chi connectivity index (χ3v) is 3.28.